The first kappa shape index (κ1) is 22.2. The lowest BCUT2D eigenvalue weighted by molar-refractivity contribution is -0.131. The van der Waals surface area contributed by atoms with Crippen molar-refractivity contribution in [3.63, 3.8) is 0 Å². The summed E-state index contributed by atoms with van der Waals surface area (Å²) < 4.78 is 15.1. The van der Waals surface area contributed by atoms with E-state index < -0.39 is 5.97 Å². The fraction of sp³-hybridized carbons (Fsp3) is 0.172. The second kappa shape index (κ2) is 9.35. The molecule has 4 aromatic rings. The largest absolute Gasteiger partial charge is 0.478 e. The molecule has 170 valence electrons. The lowest BCUT2D eigenvalue weighted by Gasteiger charge is -2.32. The number of carbonyl (C=O) groups is 1. The predicted molar refractivity (Wildman–Crippen MR) is 137 cm³/mol. The van der Waals surface area contributed by atoms with Gasteiger partial charge in [-0.3, -0.25) is 0 Å². The minimum Gasteiger partial charge on any atom is -0.478 e. The molecule has 3 aromatic carbocycles. The van der Waals surface area contributed by atoms with Gasteiger partial charge in [-0.2, -0.15) is 0 Å². The normalized spacial score (nSPS) is 14.9. The van der Waals surface area contributed by atoms with E-state index in [1.165, 1.54) is 12.0 Å². The Bertz CT molecular complexity index is 1430. The van der Waals surface area contributed by atoms with Gasteiger partial charge in [0.05, 0.1) is 15.7 Å². The van der Waals surface area contributed by atoms with Crippen molar-refractivity contribution in [2.45, 2.75) is 26.2 Å². The van der Waals surface area contributed by atoms with Crippen LogP contribution in [0.5, 0.6) is 0 Å². The molecule has 0 unspecified atom stereocenters. The van der Waals surface area contributed by atoms with Crippen LogP contribution in [0, 0.1) is 18.7 Å². The maximum atomic E-state index is 14.0. The molecule has 1 N–H and O–H groups in total. The van der Waals surface area contributed by atoms with E-state index in [1.54, 1.807) is 29.5 Å². The summed E-state index contributed by atoms with van der Waals surface area (Å²) in [7, 11) is 0. The van der Waals surface area contributed by atoms with Crippen LogP contribution >= 0.6 is 11.3 Å². The zero-order valence-corrected chi connectivity index (χ0v) is 19.6. The molecule has 0 saturated heterocycles. The van der Waals surface area contributed by atoms with E-state index in [0.717, 1.165) is 62.5 Å². The average molecular weight is 470 g/mol. The Labute approximate surface area is 201 Å². The summed E-state index contributed by atoms with van der Waals surface area (Å²) >= 11 is 1.62. The van der Waals surface area contributed by atoms with Crippen LogP contribution in [-0.2, 0) is 4.79 Å². The highest BCUT2D eigenvalue weighted by molar-refractivity contribution is 7.16. The maximum Gasteiger partial charge on any atom is 0.328 e. The second-order valence-corrected chi connectivity index (χ2v) is 9.59. The van der Waals surface area contributed by atoms with E-state index in [1.807, 2.05) is 42.8 Å². The van der Waals surface area contributed by atoms with Gasteiger partial charge >= 0.3 is 5.97 Å². The fourth-order valence-electron chi connectivity index (χ4n) is 4.60. The molecule has 0 aliphatic heterocycles. The van der Waals surface area contributed by atoms with Crippen LogP contribution in [-0.4, -0.2) is 16.1 Å². The summed E-state index contributed by atoms with van der Waals surface area (Å²) in [5.41, 5.74) is 10.1. The van der Waals surface area contributed by atoms with Gasteiger partial charge in [0.25, 0.3) is 0 Å². The Kier molecular flexibility index (Phi) is 6.12. The quantitative estimate of drug-likeness (QED) is 0.234. The Hall–Kier alpha value is -3.57. The zero-order chi connectivity index (χ0) is 23.7. The van der Waals surface area contributed by atoms with E-state index in [4.69, 9.17) is 5.11 Å². The minimum atomic E-state index is -0.972. The van der Waals surface area contributed by atoms with Gasteiger partial charge in [0, 0.05) is 6.08 Å². The van der Waals surface area contributed by atoms with Crippen molar-refractivity contribution in [2.75, 3.05) is 0 Å². The minimum absolute atomic E-state index is 0.228. The lowest BCUT2D eigenvalue weighted by atomic mass is 9.72. The van der Waals surface area contributed by atoms with E-state index in [-0.39, 0.29) is 5.82 Å². The number of benzene rings is 3. The van der Waals surface area contributed by atoms with E-state index in [2.05, 4.69) is 23.2 Å². The van der Waals surface area contributed by atoms with Gasteiger partial charge < -0.3 is 5.11 Å². The van der Waals surface area contributed by atoms with Crippen LogP contribution in [0.1, 0.15) is 47.1 Å². The number of aryl methyl sites for hydroxylation is 1. The molecule has 34 heavy (non-hydrogen) atoms. The number of nitrogens with zero attached hydrogens (tertiary/aromatic N) is 1. The van der Waals surface area contributed by atoms with Crippen molar-refractivity contribution in [1.82, 2.24) is 4.98 Å². The number of allylic oxidation sites excluding steroid dienone is 1. The number of hydrogen-bond acceptors (Lipinski definition) is 3. The van der Waals surface area contributed by atoms with Gasteiger partial charge in [0.1, 0.15) is 5.82 Å². The average Bonchev–Trinajstić information content (AvgIpc) is 3.25. The number of aromatic nitrogens is 1. The molecule has 0 radical (unpaired) electrons. The monoisotopic (exact) mass is 469 g/mol. The highest BCUT2D eigenvalue weighted by Crippen LogP contribution is 2.46. The van der Waals surface area contributed by atoms with E-state index in [0.29, 0.717) is 5.92 Å². The molecule has 1 aromatic heterocycles. The maximum absolute atomic E-state index is 14.0. The zero-order valence-electron chi connectivity index (χ0n) is 18.8. The van der Waals surface area contributed by atoms with Gasteiger partial charge in [-0.1, -0.05) is 42.8 Å². The topological polar surface area (TPSA) is 50.2 Å². The van der Waals surface area contributed by atoms with Crippen LogP contribution in [0.15, 0.2) is 72.3 Å². The number of halogens is 1. The number of aliphatic carboxylic acids is 1. The number of rotatable bonds is 6. The number of thiazole rings is 1. The summed E-state index contributed by atoms with van der Waals surface area (Å²) in [6.07, 6.45) is 6.13. The van der Waals surface area contributed by atoms with E-state index >= 15 is 0 Å². The van der Waals surface area contributed by atoms with Crippen molar-refractivity contribution < 1.29 is 14.3 Å². The molecule has 0 bridgehead atoms. The fourth-order valence-corrected chi connectivity index (χ4v) is 5.26. The molecular formula is C29H24FNO2S. The number of carboxylic acids is 1. The summed E-state index contributed by atoms with van der Waals surface area (Å²) in [6.45, 7) is 1.97. The van der Waals surface area contributed by atoms with Crippen LogP contribution in [0.3, 0.4) is 0 Å². The predicted octanol–water partition coefficient (Wildman–Crippen LogP) is 7.60. The summed E-state index contributed by atoms with van der Waals surface area (Å²) in [4.78, 5) is 15.4. The lowest BCUT2D eigenvalue weighted by Crippen LogP contribution is -2.16. The van der Waals surface area contributed by atoms with Crippen LogP contribution < -0.4 is 0 Å². The molecule has 0 spiro atoms. The molecule has 1 saturated carbocycles. The third kappa shape index (κ3) is 4.44. The highest BCUT2D eigenvalue weighted by atomic mass is 32.1. The van der Waals surface area contributed by atoms with Crippen LogP contribution in [0.2, 0.25) is 0 Å². The van der Waals surface area contributed by atoms with Crippen molar-refractivity contribution >= 4 is 44.7 Å². The first-order chi connectivity index (χ1) is 16.5. The molecule has 5 rings (SSSR count). The first-order valence-electron chi connectivity index (χ1n) is 11.4. The van der Waals surface area contributed by atoms with Gasteiger partial charge in [-0.25, -0.2) is 14.2 Å². The molecule has 5 heteroatoms. The highest BCUT2D eigenvalue weighted by Gasteiger charge is 2.28. The SMILES string of the molecule is Cc1cc(F)ccc1/C(=C(\c1ccc(/C=C/C(=O)O)cc1)c1ccc2scnc2c1)C1CCC1. The van der Waals surface area contributed by atoms with Crippen LogP contribution in [0.25, 0.3) is 27.4 Å². The Morgan fingerprint density at radius 2 is 1.82 bits per heavy atom. The van der Waals surface area contributed by atoms with Crippen LogP contribution in [0.4, 0.5) is 4.39 Å². The number of carboxylic acid groups (broad SMARTS) is 1. The smallest absolute Gasteiger partial charge is 0.328 e. The van der Waals surface area contributed by atoms with Gasteiger partial charge in [-0.15, -0.1) is 11.3 Å². The number of hydrogen-bond donors (Lipinski definition) is 1. The molecule has 0 atom stereocenters. The Balaban J connectivity index is 1.75. The summed E-state index contributed by atoms with van der Waals surface area (Å²) in [6, 6.07) is 19.4. The van der Waals surface area contributed by atoms with Crippen molar-refractivity contribution in [2.24, 2.45) is 5.92 Å². The van der Waals surface area contributed by atoms with Crippen molar-refractivity contribution in [1.29, 1.82) is 0 Å². The molecule has 1 aliphatic rings. The standard InChI is InChI=1S/C29H24FNO2S/c1-18-15-23(30)11-12-24(18)29(20-3-2-4-20)28(22-10-13-26-25(16-22)31-17-34-26)21-8-5-19(6-9-21)7-14-27(32)33/h5-17,20H,2-4H2,1H3,(H,32,33)/b14-7+,29-28+. The van der Waals surface area contributed by atoms with Crippen molar-refractivity contribution in [3.05, 3.63) is 106 Å². The Morgan fingerprint density at radius 3 is 2.50 bits per heavy atom. The molecule has 3 nitrogen and oxygen atoms in total. The molecule has 0 amide bonds. The second-order valence-electron chi connectivity index (χ2n) is 8.70. The first-order valence-corrected chi connectivity index (χ1v) is 12.2. The summed E-state index contributed by atoms with van der Waals surface area (Å²) in [5, 5.41) is 8.95. The molecular weight excluding hydrogens is 445 g/mol. The number of fused-ring (bicyclic) bond motifs is 1. The van der Waals surface area contributed by atoms with Crippen molar-refractivity contribution in [3.8, 4) is 0 Å². The third-order valence-corrected chi connectivity index (χ3v) is 7.31. The molecule has 1 fully saturated rings. The van der Waals surface area contributed by atoms with E-state index in [9.17, 15) is 9.18 Å². The molecule has 1 aliphatic carbocycles. The van der Waals surface area contributed by atoms with Gasteiger partial charge in [0.15, 0.2) is 0 Å². The van der Waals surface area contributed by atoms with Gasteiger partial charge in [-0.05, 0) is 95.0 Å². The van der Waals surface area contributed by atoms with Gasteiger partial charge in [0.2, 0.25) is 0 Å². The molecule has 1 heterocycles. The Morgan fingerprint density at radius 1 is 1.06 bits per heavy atom. The third-order valence-electron chi connectivity index (χ3n) is 6.50. The summed E-state index contributed by atoms with van der Waals surface area (Å²) in [5.74, 6) is -0.800.